The molecule has 1 aliphatic heterocycles. The topological polar surface area (TPSA) is 37.4 Å². The van der Waals surface area contributed by atoms with Crippen molar-refractivity contribution < 1.29 is 22.8 Å². The number of hydrogen-bond donors (Lipinski definition) is 0. The predicted octanol–water partition coefficient (Wildman–Crippen LogP) is 1.35. The van der Waals surface area contributed by atoms with Gasteiger partial charge in [-0.25, -0.2) is 0 Å². The summed E-state index contributed by atoms with van der Waals surface area (Å²) in [6.07, 6.45) is -4.27. The molecule has 0 aromatic carbocycles. The van der Waals surface area contributed by atoms with Gasteiger partial charge < -0.3 is 4.90 Å². The molecule has 0 N–H and O–H groups in total. The van der Waals surface area contributed by atoms with Crippen molar-refractivity contribution in [1.82, 2.24) is 4.90 Å². The number of nitrogens with zero attached hydrogens (tertiary/aromatic N) is 1. The van der Waals surface area contributed by atoms with E-state index in [2.05, 4.69) is 0 Å². The van der Waals surface area contributed by atoms with Crippen LogP contribution in [0.25, 0.3) is 0 Å². The SMILES string of the molecule is O=C(CCl)[C@@H]1CCCN1C(=O)C(F)(F)F. The van der Waals surface area contributed by atoms with Crippen molar-refractivity contribution in [2.24, 2.45) is 0 Å². The molecule has 0 radical (unpaired) electrons. The van der Waals surface area contributed by atoms with Crippen LogP contribution in [0.15, 0.2) is 0 Å². The molecular weight excluding hydrogens is 235 g/mol. The van der Waals surface area contributed by atoms with Crippen LogP contribution in [-0.2, 0) is 9.59 Å². The first-order chi connectivity index (χ1) is 6.88. The minimum atomic E-state index is -4.92. The lowest BCUT2D eigenvalue weighted by molar-refractivity contribution is -0.186. The number of Topliss-reactive ketones (excluding diaryl/α,β-unsaturated/α-hetero) is 1. The van der Waals surface area contributed by atoms with E-state index in [1.54, 1.807) is 0 Å². The van der Waals surface area contributed by atoms with Crippen LogP contribution in [0.3, 0.4) is 0 Å². The Bertz CT molecular complexity index is 280. The minimum absolute atomic E-state index is 0.0361. The Labute approximate surface area is 89.2 Å². The lowest BCUT2D eigenvalue weighted by atomic mass is 10.1. The molecule has 0 aliphatic carbocycles. The van der Waals surface area contributed by atoms with E-state index in [4.69, 9.17) is 11.6 Å². The summed E-state index contributed by atoms with van der Waals surface area (Å²) in [7, 11) is 0. The van der Waals surface area contributed by atoms with Gasteiger partial charge in [0.15, 0.2) is 5.78 Å². The molecule has 0 bridgehead atoms. The van der Waals surface area contributed by atoms with Crippen molar-refractivity contribution in [3.8, 4) is 0 Å². The molecule has 1 aliphatic rings. The number of hydrogen-bond acceptors (Lipinski definition) is 2. The number of alkyl halides is 4. The van der Waals surface area contributed by atoms with Crippen molar-refractivity contribution in [3.05, 3.63) is 0 Å². The van der Waals surface area contributed by atoms with Gasteiger partial charge in [0.05, 0.1) is 11.9 Å². The highest BCUT2D eigenvalue weighted by Crippen LogP contribution is 2.26. The van der Waals surface area contributed by atoms with E-state index in [0.29, 0.717) is 11.3 Å². The monoisotopic (exact) mass is 243 g/mol. The standard InChI is InChI=1S/C8H9ClF3NO2/c9-4-6(14)5-2-1-3-13(5)7(15)8(10,11)12/h5H,1-4H2/t5-/m0/s1. The largest absolute Gasteiger partial charge is 0.471 e. The number of carbonyl (C=O) groups excluding carboxylic acids is 2. The number of ketones is 1. The summed E-state index contributed by atoms with van der Waals surface area (Å²) >= 11 is 5.25. The van der Waals surface area contributed by atoms with Crippen LogP contribution in [0.1, 0.15) is 12.8 Å². The zero-order chi connectivity index (χ0) is 11.6. The fourth-order valence-electron chi connectivity index (χ4n) is 1.60. The van der Waals surface area contributed by atoms with Crippen LogP contribution in [-0.4, -0.2) is 41.2 Å². The molecule has 3 nitrogen and oxygen atoms in total. The van der Waals surface area contributed by atoms with E-state index < -0.39 is 23.9 Å². The Hall–Kier alpha value is -0.780. The summed E-state index contributed by atoms with van der Waals surface area (Å²) in [5, 5.41) is 0. The lowest BCUT2D eigenvalue weighted by Crippen LogP contribution is -2.47. The smallest absolute Gasteiger partial charge is 0.325 e. The van der Waals surface area contributed by atoms with Gasteiger partial charge in [-0.05, 0) is 12.8 Å². The molecule has 0 aromatic heterocycles. The Morgan fingerprint density at radius 1 is 1.40 bits per heavy atom. The average molecular weight is 244 g/mol. The molecule has 1 atom stereocenters. The van der Waals surface area contributed by atoms with Crippen molar-refractivity contribution in [2.45, 2.75) is 25.1 Å². The zero-order valence-corrected chi connectivity index (χ0v) is 8.44. The van der Waals surface area contributed by atoms with Crippen molar-refractivity contribution in [1.29, 1.82) is 0 Å². The van der Waals surface area contributed by atoms with Crippen LogP contribution >= 0.6 is 11.6 Å². The van der Waals surface area contributed by atoms with E-state index in [-0.39, 0.29) is 18.8 Å². The highest BCUT2D eigenvalue weighted by Gasteiger charge is 2.47. The van der Waals surface area contributed by atoms with Crippen LogP contribution in [0.4, 0.5) is 13.2 Å². The molecule has 1 amide bonds. The number of amides is 1. The second kappa shape index (κ2) is 4.38. The predicted molar refractivity (Wildman–Crippen MR) is 46.5 cm³/mol. The molecule has 1 saturated heterocycles. The van der Waals surface area contributed by atoms with Gasteiger partial charge in [0.1, 0.15) is 0 Å². The molecule has 0 aromatic rings. The van der Waals surface area contributed by atoms with Crippen LogP contribution in [0.2, 0.25) is 0 Å². The summed E-state index contributed by atoms with van der Waals surface area (Å²) < 4.78 is 36.3. The lowest BCUT2D eigenvalue weighted by Gasteiger charge is -2.23. The molecule has 1 rings (SSSR count). The first kappa shape index (κ1) is 12.3. The van der Waals surface area contributed by atoms with Crippen LogP contribution in [0, 0.1) is 0 Å². The number of likely N-dealkylation sites (tertiary alicyclic amines) is 1. The molecule has 1 fully saturated rings. The molecule has 0 unspecified atom stereocenters. The van der Waals surface area contributed by atoms with Crippen molar-refractivity contribution in [3.63, 3.8) is 0 Å². The summed E-state index contributed by atoms with van der Waals surface area (Å²) in [6.45, 7) is -0.0361. The molecule has 0 spiro atoms. The molecular formula is C8H9ClF3NO2. The van der Waals surface area contributed by atoms with E-state index in [1.807, 2.05) is 0 Å². The zero-order valence-electron chi connectivity index (χ0n) is 7.68. The van der Waals surface area contributed by atoms with Crippen molar-refractivity contribution >= 4 is 23.3 Å². The average Bonchev–Trinajstić information content (AvgIpc) is 2.62. The normalized spacial score (nSPS) is 21.9. The number of carbonyl (C=O) groups is 2. The van der Waals surface area contributed by atoms with Crippen molar-refractivity contribution in [2.75, 3.05) is 12.4 Å². The highest BCUT2D eigenvalue weighted by molar-refractivity contribution is 6.28. The number of halogens is 4. The molecule has 7 heteroatoms. The van der Waals surface area contributed by atoms with Crippen LogP contribution < -0.4 is 0 Å². The summed E-state index contributed by atoms with van der Waals surface area (Å²) in [5.41, 5.74) is 0. The second-order valence-corrected chi connectivity index (χ2v) is 3.52. The Morgan fingerprint density at radius 2 is 2.00 bits per heavy atom. The quantitative estimate of drug-likeness (QED) is 0.687. The van der Waals surface area contributed by atoms with Gasteiger partial charge in [0, 0.05) is 6.54 Å². The van der Waals surface area contributed by atoms with E-state index in [9.17, 15) is 22.8 Å². The Balaban J connectivity index is 2.77. The third-order valence-corrected chi connectivity index (χ3v) is 2.52. The molecule has 15 heavy (non-hydrogen) atoms. The second-order valence-electron chi connectivity index (χ2n) is 3.25. The highest BCUT2D eigenvalue weighted by atomic mass is 35.5. The summed E-state index contributed by atoms with van der Waals surface area (Å²) in [5.74, 6) is -2.86. The number of rotatable bonds is 2. The van der Waals surface area contributed by atoms with E-state index in [0.717, 1.165) is 0 Å². The fourth-order valence-corrected chi connectivity index (χ4v) is 1.77. The van der Waals surface area contributed by atoms with Gasteiger partial charge in [-0.15, -0.1) is 11.6 Å². The van der Waals surface area contributed by atoms with Gasteiger partial charge >= 0.3 is 12.1 Å². The minimum Gasteiger partial charge on any atom is -0.325 e. The Morgan fingerprint density at radius 3 is 2.47 bits per heavy atom. The third kappa shape index (κ3) is 2.62. The summed E-state index contributed by atoms with van der Waals surface area (Å²) in [4.78, 5) is 22.6. The van der Waals surface area contributed by atoms with Gasteiger partial charge in [0.25, 0.3) is 0 Å². The first-order valence-electron chi connectivity index (χ1n) is 4.34. The first-order valence-corrected chi connectivity index (χ1v) is 4.88. The van der Waals surface area contributed by atoms with Gasteiger partial charge in [0.2, 0.25) is 0 Å². The maximum atomic E-state index is 12.1. The Kier molecular flexibility index (Phi) is 3.59. The molecule has 0 saturated carbocycles. The maximum Gasteiger partial charge on any atom is 0.471 e. The van der Waals surface area contributed by atoms with Gasteiger partial charge in [-0.2, -0.15) is 13.2 Å². The fraction of sp³-hybridized carbons (Fsp3) is 0.750. The third-order valence-electron chi connectivity index (χ3n) is 2.26. The van der Waals surface area contributed by atoms with Gasteiger partial charge in [-0.3, -0.25) is 9.59 Å². The van der Waals surface area contributed by atoms with E-state index in [1.165, 1.54) is 0 Å². The molecule has 1 heterocycles. The maximum absolute atomic E-state index is 12.1. The summed E-state index contributed by atoms with van der Waals surface area (Å²) in [6, 6.07) is -1.00. The molecule has 86 valence electrons. The van der Waals surface area contributed by atoms with Crippen LogP contribution in [0.5, 0.6) is 0 Å². The van der Waals surface area contributed by atoms with E-state index >= 15 is 0 Å². The van der Waals surface area contributed by atoms with Gasteiger partial charge in [-0.1, -0.05) is 0 Å².